The van der Waals surface area contributed by atoms with Gasteiger partial charge >= 0.3 is 0 Å². The summed E-state index contributed by atoms with van der Waals surface area (Å²) in [4.78, 5) is 4.00. The van der Waals surface area contributed by atoms with Crippen molar-refractivity contribution in [2.45, 2.75) is 6.92 Å². The van der Waals surface area contributed by atoms with Crippen LogP contribution in [0, 0.1) is 12.7 Å². The highest BCUT2D eigenvalue weighted by Crippen LogP contribution is 2.28. The second kappa shape index (κ2) is 3.25. The van der Waals surface area contributed by atoms with Crippen molar-refractivity contribution in [1.29, 1.82) is 0 Å². The summed E-state index contributed by atoms with van der Waals surface area (Å²) in [5.74, 6) is 0.344. The van der Waals surface area contributed by atoms with Gasteiger partial charge in [-0.2, -0.15) is 0 Å². The lowest BCUT2D eigenvalue weighted by atomic mass is 10.1. The van der Waals surface area contributed by atoms with Gasteiger partial charge in [0.15, 0.2) is 0 Å². The second-order valence-electron chi connectivity index (χ2n) is 3.10. The molecule has 0 unspecified atom stereocenters. The van der Waals surface area contributed by atoms with Crippen molar-refractivity contribution in [3.05, 3.63) is 35.8 Å². The van der Waals surface area contributed by atoms with Gasteiger partial charge in [0.05, 0.1) is 7.11 Å². The fourth-order valence-corrected chi connectivity index (χ4v) is 1.53. The topological polar surface area (TPSA) is 22.1 Å². The van der Waals surface area contributed by atoms with Crippen molar-refractivity contribution in [2.24, 2.45) is 0 Å². The standard InChI is InChI=1S/C11H10FNO/c1-7-5-6-13-11-8(12)3-4-9(14-2)10(7)11/h3-6H,1-2H3. The molecule has 72 valence electrons. The Labute approximate surface area is 81.3 Å². The summed E-state index contributed by atoms with van der Waals surface area (Å²) in [6, 6.07) is 4.82. The van der Waals surface area contributed by atoms with Crippen LogP contribution < -0.4 is 4.74 Å². The Balaban J connectivity index is 2.92. The predicted molar refractivity (Wildman–Crippen MR) is 53.0 cm³/mol. The van der Waals surface area contributed by atoms with Crippen LogP contribution in [0.25, 0.3) is 10.9 Å². The summed E-state index contributed by atoms with van der Waals surface area (Å²) in [5.41, 5.74) is 1.33. The van der Waals surface area contributed by atoms with Gasteiger partial charge in [-0.15, -0.1) is 0 Å². The molecule has 0 bridgehead atoms. The molecule has 0 atom stereocenters. The average molecular weight is 191 g/mol. The van der Waals surface area contributed by atoms with Crippen LogP contribution in [0.1, 0.15) is 5.56 Å². The van der Waals surface area contributed by atoms with E-state index in [9.17, 15) is 4.39 Å². The van der Waals surface area contributed by atoms with Crippen LogP contribution in [-0.2, 0) is 0 Å². The number of halogens is 1. The number of ether oxygens (including phenoxy) is 1. The maximum atomic E-state index is 13.4. The van der Waals surface area contributed by atoms with Gasteiger partial charge in [0, 0.05) is 11.6 Å². The first-order valence-corrected chi connectivity index (χ1v) is 4.32. The Morgan fingerprint density at radius 3 is 2.79 bits per heavy atom. The highest BCUT2D eigenvalue weighted by Gasteiger charge is 2.08. The van der Waals surface area contributed by atoms with E-state index in [-0.39, 0.29) is 5.82 Å². The maximum Gasteiger partial charge on any atom is 0.149 e. The van der Waals surface area contributed by atoms with E-state index in [2.05, 4.69) is 4.98 Å². The summed E-state index contributed by atoms with van der Waals surface area (Å²) >= 11 is 0. The molecule has 0 aliphatic rings. The minimum Gasteiger partial charge on any atom is -0.496 e. The third kappa shape index (κ3) is 1.21. The molecule has 0 amide bonds. The van der Waals surface area contributed by atoms with Crippen LogP contribution >= 0.6 is 0 Å². The van der Waals surface area contributed by atoms with Crippen molar-refractivity contribution in [1.82, 2.24) is 4.98 Å². The molecule has 0 spiro atoms. The van der Waals surface area contributed by atoms with E-state index in [1.807, 2.05) is 13.0 Å². The summed E-state index contributed by atoms with van der Waals surface area (Å²) in [6.07, 6.45) is 1.60. The normalized spacial score (nSPS) is 10.5. The molecule has 1 heterocycles. The molecule has 0 radical (unpaired) electrons. The van der Waals surface area contributed by atoms with Crippen LogP contribution in [0.2, 0.25) is 0 Å². The average Bonchev–Trinajstić information content (AvgIpc) is 2.20. The molecule has 2 rings (SSSR count). The first-order valence-electron chi connectivity index (χ1n) is 4.32. The van der Waals surface area contributed by atoms with Crippen LogP contribution in [0.15, 0.2) is 24.4 Å². The first kappa shape index (κ1) is 8.94. The molecule has 14 heavy (non-hydrogen) atoms. The Kier molecular flexibility index (Phi) is 2.08. The van der Waals surface area contributed by atoms with Gasteiger partial charge in [-0.1, -0.05) is 0 Å². The number of rotatable bonds is 1. The molecule has 0 fully saturated rings. The molecule has 0 aliphatic carbocycles. The van der Waals surface area contributed by atoms with Gasteiger partial charge < -0.3 is 4.74 Å². The van der Waals surface area contributed by atoms with E-state index in [1.54, 1.807) is 19.4 Å². The van der Waals surface area contributed by atoms with Crippen molar-refractivity contribution in [3.8, 4) is 5.75 Å². The number of benzene rings is 1. The molecule has 0 saturated carbocycles. The molecule has 2 aromatic rings. The van der Waals surface area contributed by atoms with Crippen LogP contribution in [0.5, 0.6) is 5.75 Å². The van der Waals surface area contributed by atoms with Gasteiger partial charge in [0.1, 0.15) is 17.1 Å². The number of methoxy groups -OCH3 is 1. The lowest BCUT2D eigenvalue weighted by Crippen LogP contribution is -1.91. The fourth-order valence-electron chi connectivity index (χ4n) is 1.53. The molecule has 0 aliphatic heterocycles. The van der Waals surface area contributed by atoms with E-state index < -0.39 is 0 Å². The number of nitrogens with zero attached hydrogens (tertiary/aromatic N) is 1. The minimum absolute atomic E-state index is 0.315. The van der Waals surface area contributed by atoms with Crippen molar-refractivity contribution >= 4 is 10.9 Å². The van der Waals surface area contributed by atoms with Gasteiger partial charge in [-0.05, 0) is 30.7 Å². The molecule has 1 aromatic carbocycles. The fraction of sp³-hybridized carbons (Fsp3) is 0.182. The molecular formula is C11H10FNO. The third-order valence-corrected chi connectivity index (χ3v) is 2.23. The summed E-state index contributed by atoms with van der Waals surface area (Å²) in [7, 11) is 1.57. The summed E-state index contributed by atoms with van der Waals surface area (Å²) < 4.78 is 18.5. The summed E-state index contributed by atoms with van der Waals surface area (Å²) in [6.45, 7) is 1.91. The van der Waals surface area contributed by atoms with E-state index in [1.165, 1.54) is 6.07 Å². The number of aryl methyl sites for hydroxylation is 1. The Bertz CT molecular complexity index is 482. The van der Waals surface area contributed by atoms with E-state index in [4.69, 9.17) is 4.74 Å². The van der Waals surface area contributed by atoms with Crippen LogP contribution in [0.4, 0.5) is 4.39 Å². The number of hydrogen-bond donors (Lipinski definition) is 0. The van der Waals surface area contributed by atoms with Crippen LogP contribution in [-0.4, -0.2) is 12.1 Å². The van der Waals surface area contributed by atoms with Gasteiger partial charge in [0.2, 0.25) is 0 Å². The van der Waals surface area contributed by atoms with Gasteiger partial charge in [-0.3, -0.25) is 4.98 Å². The summed E-state index contributed by atoms with van der Waals surface area (Å²) in [5, 5.41) is 0.745. The highest BCUT2D eigenvalue weighted by molar-refractivity contribution is 5.88. The lowest BCUT2D eigenvalue weighted by molar-refractivity contribution is 0.419. The molecule has 2 nitrogen and oxygen atoms in total. The SMILES string of the molecule is COc1ccc(F)c2nccc(C)c12. The smallest absolute Gasteiger partial charge is 0.149 e. The molecule has 3 heteroatoms. The van der Waals surface area contributed by atoms with E-state index in [0.29, 0.717) is 11.3 Å². The second-order valence-corrected chi connectivity index (χ2v) is 3.10. The predicted octanol–water partition coefficient (Wildman–Crippen LogP) is 2.69. The van der Waals surface area contributed by atoms with Crippen molar-refractivity contribution in [3.63, 3.8) is 0 Å². The van der Waals surface area contributed by atoms with Crippen LogP contribution in [0.3, 0.4) is 0 Å². The minimum atomic E-state index is -0.315. The Morgan fingerprint density at radius 2 is 2.07 bits per heavy atom. The maximum absolute atomic E-state index is 13.4. The Morgan fingerprint density at radius 1 is 1.29 bits per heavy atom. The van der Waals surface area contributed by atoms with E-state index in [0.717, 1.165) is 10.9 Å². The van der Waals surface area contributed by atoms with E-state index >= 15 is 0 Å². The van der Waals surface area contributed by atoms with Gasteiger partial charge in [-0.25, -0.2) is 4.39 Å². The first-order chi connectivity index (χ1) is 6.74. The zero-order valence-electron chi connectivity index (χ0n) is 8.04. The molecular weight excluding hydrogens is 181 g/mol. The zero-order chi connectivity index (χ0) is 10.1. The quantitative estimate of drug-likeness (QED) is 0.691. The lowest BCUT2D eigenvalue weighted by Gasteiger charge is -2.07. The largest absolute Gasteiger partial charge is 0.496 e. The third-order valence-electron chi connectivity index (χ3n) is 2.23. The Hall–Kier alpha value is -1.64. The molecule has 0 saturated heterocycles. The monoisotopic (exact) mass is 191 g/mol. The zero-order valence-corrected chi connectivity index (χ0v) is 8.04. The number of pyridine rings is 1. The molecule has 0 N–H and O–H groups in total. The van der Waals surface area contributed by atoms with Crippen molar-refractivity contribution < 1.29 is 9.13 Å². The van der Waals surface area contributed by atoms with Crippen molar-refractivity contribution in [2.75, 3.05) is 7.11 Å². The highest BCUT2D eigenvalue weighted by atomic mass is 19.1. The number of hydrogen-bond acceptors (Lipinski definition) is 2. The number of aromatic nitrogens is 1. The van der Waals surface area contributed by atoms with Gasteiger partial charge in [0.25, 0.3) is 0 Å². The molecule has 1 aromatic heterocycles. The number of fused-ring (bicyclic) bond motifs is 1.